The van der Waals surface area contributed by atoms with E-state index in [2.05, 4.69) is 21.2 Å². The Hall–Kier alpha value is -1.47. The van der Waals surface area contributed by atoms with Crippen molar-refractivity contribution in [2.45, 2.75) is 31.7 Å². The molecule has 0 aliphatic carbocycles. The molecule has 0 aromatic heterocycles. The third kappa shape index (κ3) is 4.75. The van der Waals surface area contributed by atoms with Crippen LogP contribution in [0, 0.1) is 5.82 Å². The standard InChI is InChI=1S/C16H21BrFN3O2/c17-13-5-4-11(9-14(13)18)16(23)21-8-2-1-3-12(21)10-20-15(22)6-7-19/h4-5,9,12H,1-3,6-8,10,19H2,(H,20,22). The van der Waals surface area contributed by atoms with Gasteiger partial charge in [-0.2, -0.15) is 0 Å². The summed E-state index contributed by atoms with van der Waals surface area (Å²) in [6.45, 7) is 1.33. The molecule has 1 fully saturated rings. The van der Waals surface area contributed by atoms with Gasteiger partial charge >= 0.3 is 0 Å². The van der Waals surface area contributed by atoms with Crippen LogP contribution in [0.3, 0.4) is 0 Å². The highest BCUT2D eigenvalue weighted by molar-refractivity contribution is 9.10. The number of amides is 2. The van der Waals surface area contributed by atoms with Crippen molar-refractivity contribution >= 4 is 27.7 Å². The fourth-order valence-corrected chi connectivity index (χ4v) is 2.97. The van der Waals surface area contributed by atoms with Gasteiger partial charge in [-0.3, -0.25) is 9.59 Å². The maximum atomic E-state index is 13.7. The van der Waals surface area contributed by atoms with Crippen molar-refractivity contribution in [2.75, 3.05) is 19.6 Å². The molecular weight excluding hydrogens is 365 g/mol. The Balaban J connectivity index is 2.06. The molecule has 0 spiro atoms. The number of carbonyl (C=O) groups is 2. The number of piperidine rings is 1. The lowest BCUT2D eigenvalue weighted by molar-refractivity contribution is -0.121. The maximum Gasteiger partial charge on any atom is 0.254 e. The Morgan fingerprint density at radius 2 is 2.17 bits per heavy atom. The Morgan fingerprint density at radius 1 is 1.39 bits per heavy atom. The van der Waals surface area contributed by atoms with Crippen LogP contribution in [0.2, 0.25) is 0 Å². The van der Waals surface area contributed by atoms with E-state index < -0.39 is 5.82 Å². The van der Waals surface area contributed by atoms with Gasteiger partial charge in [0.05, 0.1) is 4.47 Å². The molecule has 1 saturated heterocycles. The van der Waals surface area contributed by atoms with Crippen LogP contribution in [0.15, 0.2) is 22.7 Å². The Morgan fingerprint density at radius 3 is 2.87 bits per heavy atom. The smallest absolute Gasteiger partial charge is 0.254 e. The summed E-state index contributed by atoms with van der Waals surface area (Å²) >= 11 is 3.08. The Labute approximate surface area is 143 Å². The number of nitrogens with one attached hydrogen (secondary N) is 1. The van der Waals surface area contributed by atoms with Crippen LogP contribution >= 0.6 is 15.9 Å². The van der Waals surface area contributed by atoms with Gasteiger partial charge in [0.15, 0.2) is 0 Å². The number of nitrogens with zero attached hydrogens (tertiary/aromatic N) is 1. The first-order valence-corrected chi connectivity index (χ1v) is 8.55. The van der Waals surface area contributed by atoms with Gasteiger partial charge in [-0.25, -0.2) is 4.39 Å². The minimum atomic E-state index is -0.458. The van der Waals surface area contributed by atoms with Crippen LogP contribution < -0.4 is 11.1 Å². The molecule has 126 valence electrons. The summed E-state index contributed by atoms with van der Waals surface area (Å²) < 4.78 is 14.0. The fraction of sp³-hybridized carbons (Fsp3) is 0.500. The van der Waals surface area contributed by atoms with Crippen molar-refractivity contribution in [3.63, 3.8) is 0 Å². The zero-order valence-electron chi connectivity index (χ0n) is 12.9. The van der Waals surface area contributed by atoms with Crippen molar-refractivity contribution < 1.29 is 14.0 Å². The summed E-state index contributed by atoms with van der Waals surface area (Å²) in [5, 5.41) is 2.82. The second kappa shape index (κ2) is 8.40. The van der Waals surface area contributed by atoms with Crippen molar-refractivity contribution in [3.8, 4) is 0 Å². The molecule has 2 rings (SSSR count). The topological polar surface area (TPSA) is 75.4 Å². The molecule has 2 amide bonds. The molecule has 1 unspecified atom stereocenters. The predicted molar refractivity (Wildman–Crippen MR) is 89.5 cm³/mol. The second-order valence-corrected chi connectivity index (χ2v) is 6.47. The zero-order chi connectivity index (χ0) is 16.8. The minimum Gasteiger partial charge on any atom is -0.354 e. The van der Waals surface area contributed by atoms with Crippen LogP contribution in [0.4, 0.5) is 4.39 Å². The third-order valence-corrected chi connectivity index (χ3v) is 4.60. The van der Waals surface area contributed by atoms with Crippen molar-refractivity contribution in [3.05, 3.63) is 34.1 Å². The fourth-order valence-electron chi connectivity index (χ4n) is 2.73. The number of hydrogen-bond donors (Lipinski definition) is 2. The molecule has 1 aliphatic rings. The van der Waals surface area contributed by atoms with Gasteiger partial charge < -0.3 is 16.0 Å². The average Bonchev–Trinajstić information content (AvgIpc) is 2.55. The van der Waals surface area contributed by atoms with E-state index in [1.54, 1.807) is 11.0 Å². The van der Waals surface area contributed by atoms with Crippen LogP contribution in [-0.2, 0) is 4.79 Å². The van der Waals surface area contributed by atoms with Crippen LogP contribution in [0.1, 0.15) is 36.0 Å². The highest BCUT2D eigenvalue weighted by Gasteiger charge is 2.28. The molecular formula is C16H21BrFN3O2. The van der Waals surface area contributed by atoms with E-state index in [0.717, 1.165) is 19.3 Å². The molecule has 1 aromatic carbocycles. The number of benzene rings is 1. The average molecular weight is 386 g/mol. The number of carbonyl (C=O) groups excluding carboxylic acids is 2. The van der Waals surface area contributed by atoms with Gasteiger partial charge in [0.2, 0.25) is 5.91 Å². The first kappa shape index (κ1) is 17.9. The number of hydrogen-bond acceptors (Lipinski definition) is 3. The normalized spacial score (nSPS) is 17.9. The second-order valence-electron chi connectivity index (χ2n) is 5.62. The molecule has 7 heteroatoms. The summed E-state index contributed by atoms with van der Waals surface area (Å²) in [5.74, 6) is -0.769. The Bertz CT molecular complexity index is 582. The summed E-state index contributed by atoms with van der Waals surface area (Å²) in [7, 11) is 0. The van der Waals surface area contributed by atoms with Gasteiger partial charge in [-0.15, -0.1) is 0 Å². The first-order valence-electron chi connectivity index (χ1n) is 7.75. The number of rotatable bonds is 5. The number of halogens is 2. The highest BCUT2D eigenvalue weighted by Crippen LogP contribution is 2.22. The van der Waals surface area contributed by atoms with E-state index in [-0.39, 0.29) is 24.3 Å². The molecule has 0 saturated carbocycles. The van der Waals surface area contributed by atoms with E-state index in [0.29, 0.717) is 29.7 Å². The molecule has 5 nitrogen and oxygen atoms in total. The monoisotopic (exact) mass is 385 g/mol. The van der Waals surface area contributed by atoms with Gasteiger partial charge in [-0.1, -0.05) is 0 Å². The van der Waals surface area contributed by atoms with Crippen LogP contribution in [-0.4, -0.2) is 42.4 Å². The summed E-state index contributed by atoms with van der Waals surface area (Å²) in [5.41, 5.74) is 5.68. The van der Waals surface area contributed by atoms with Gasteiger partial charge in [0.1, 0.15) is 5.82 Å². The van der Waals surface area contributed by atoms with E-state index in [9.17, 15) is 14.0 Å². The summed E-state index contributed by atoms with van der Waals surface area (Å²) in [6.07, 6.45) is 3.03. The molecule has 0 bridgehead atoms. The molecule has 1 aliphatic heterocycles. The van der Waals surface area contributed by atoms with Gasteiger partial charge in [0.25, 0.3) is 5.91 Å². The van der Waals surface area contributed by atoms with Crippen molar-refractivity contribution in [2.24, 2.45) is 5.73 Å². The van der Waals surface area contributed by atoms with Gasteiger partial charge in [-0.05, 0) is 53.4 Å². The number of likely N-dealkylation sites (tertiary alicyclic amines) is 1. The molecule has 3 N–H and O–H groups in total. The largest absolute Gasteiger partial charge is 0.354 e. The molecule has 1 heterocycles. The highest BCUT2D eigenvalue weighted by atomic mass is 79.9. The number of nitrogens with two attached hydrogens (primary N) is 1. The minimum absolute atomic E-state index is 0.0651. The first-order chi connectivity index (χ1) is 11.0. The van der Waals surface area contributed by atoms with Crippen LogP contribution in [0.25, 0.3) is 0 Å². The van der Waals surface area contributed by atoms with Crippen molar-refractivity contribution in [1.82, 2.24) is 10.2 Å². The lowest BCUT2D eigenvalue weighted by atomic mass is 10.0. The predicted octanol–water partition coefficient (Wildman–Crippen LogP) is 2.05. The van der Waals surface area contributed by atoms with E-state index in [1.165, 1.54) is 12.1 Å². The van der Waals surface area contributed by atoms with E-state index in [4.69, 9.17) is 5.73 Å². The Kier molecular flexibility index (Phi) is 6.53. The van der Waals surface area contributed by atoms with E-state index in [1.807, 2.05) is 0 Å². The summed E-state index contributed by atoms with van der Waals surface area (Å²) in [4.78, 5) is 26.0. The lowest BCUT2D eigenvalue weighted by Crippen LogP contribution is -2.49. The summed E-state index contributed by atoms with van der Waals surface area (Å²) in [6, 6.07) is 4.31. The molecule has 23 heavy (non-hydrogen) atoms. The molecule has 1 atom stereocenters. The quantitative estimate of drug-likeness (QED) is 0.814. The van der Waals surface area contributed by atoms with E-state index >= 15 is 0 Å². The molecule has 1 aromatic rings. The van der Waals surface area contributed by atoms with Crippen molar-refractivity contribution in [1.29, 1.82) is 0 Å². The zero-order valence-corrected chi connectivity index (χ0v) is 14.4. The maximum absolute atomic E-state index is 13.7. The SMILES string of the molecule is NCCC(=O)NCC1CCCCN1C(=O)c1ccc(Br)c(F)c1. The van der Waals surface area contributed by atoms with Gasteiger partial charge in [0, 0.05) is 37.7 Å². The molecule has 0 radical (unpaired) electrons. The lowest BCUT2D eigenvalue weighted by Gasteiger charge is -2.36. The third-order valence-electron chi connectivity index (χ3n) is 3.96. The van der Waals surface area contributed by atoms with Crippen LogP contribution in [0.5, 0.6) is 0 Å².